The minimum absolute atomic E-state index is 0.0504. The van der Waals surface area contributed by atoms with E-state index >= 15 is 0 Å². The Morgan fingerprint density at radius 1 is 1.11 bits per heavy atom. The van der Waals surface area contributed by atoms with Gasteiger partial charge in [-0.3, -0.25) is 4.79 Å². The Hall–Kier alpha value is -2.82. The van der Waals surface area contributed by atoms with Gasteiger partial charge in [-0.25, -0.2) is 4.99 Å². The number of nitrogens with two attached hydrogens (primary N) is 1. The summed E-state index contributed by atoms with van der Waals surface area (Å²) in [4.78, 5) is 16.5. The van der Waals surface area contributed by atoms with Crippen molar-refractivity contribution in [1.82, 2.24) is 5.32 Å². The van der Waals surface area contributed by atoms with Gasteiger partial charge in [0.1, 0.15) is 0 Å². The summed E-state index contributed by atoms with van der Waals surface area (Å²) in [7, 11) is 0. The summed E-state index contributed by atoms with van der Waals surface area (Å²) in [5.41, 5.74) is 9.83. The van der Waals surface area contributed by atoms with Gasteiger partial charge in [-0.15, -0.1) is 0 Å². The highest BCUT2D eigenvalue weighted by Gasteiger charge is 2.08. The molecule has 1 amide bonds. The van der Waals surface area contributed by atoms with Crippen molar-refractivity contribution in [3.63, 3.8) is 0 Å². The van der Waals surface area contributed by atoms with Crippen molar-refractivity contribution in [3.8, 4) is 0 Å². The van der Waals surface area contributed by atoms with Crippen LogP contribution in [0, 0.1) is 0 Å². The number of nitrogens with zero attached hydrogens (tertiary/aromatic N) is 1. The summed E-state index contributed by atoms with van der Waals surface area (Å²) in [6.45, 7) is 8.81. The zero-order valence-corrected chi connectivity index (χ0v) is 16.6. The van der Waals surface area contributed by atoms with Crippen molar-refractivity contribution in [2.45, 2.75) is 52.6 Å². The van der Waals surface area contributed by atoms with E-state index in [1.165, 1.54) is 5.56 Å². The summed E-state index contributed by atoms with van der Waals surface area (Å²) < 4.78 is 0. The molecule has 1 atom stereocenters. The van der Waals surface area contributed by atoms with Crippen LogP contribution in [0.3, 0.4) is 0 Å². The van der Waals surface area contributed by atoms with Gasteiger partial charge in [0.15, 0.2) is 5.96 Å². The molecule has 1 unspecified atom stereocenters. The molecule has 0 aliphatic heterocycles. The third-order valence-corrected chi connectivity index (χ3v) is 4.46. The van der Waals surface area contributed by atoms with Crippen LogP contribution in [0.25, 0.3) is 0 Å². The van der Waals surface area contributed by atoms with E-state index in [0.29, 0.717) is 24.0 Å². The first kappa shape index (κ1) is 20.5. The second kappa shape index (κ2) is 9.76. The second-order valence-corrected chi connectivity index (χ2v) is 7.09. The van der Waals surface area contributed by atoms with Crippen LogP contribution in [0.4, 0.5) is 5.69 Å². The normalized spacial score (nSPS) is 12.7. The molecular weight excluding hydrogens is 336 g/mol. The molecule has 0 aromatic heterocycles. The largest absolute Gasteiger partial charge is 0.370 e. The fraction of sp³-hybridized carbons (Fsp3) is 0.364. The Balaban J connectivity index is 1.95. The highest BCUT2D eigenvalue weighted by molar-refractivity contribution is 5.94. The Kier molecular flexibility index (Phi) is 7.41. The number of hydrogen-bond donors (Lipinski definition) is 3. The van der Waals surface area contributed by atoms with Crippen molar-refractivity contribution in [1.29, 1.82) is 0 Å². The standard InChI is InChI=1S/C22H30N4O/c1-5-16(4)25-21(27)18-11-9-17(10-12-18)14-24-22(23)26-20-8-6-7-19(13-20)15(2)3/h6-13,15-16H,5,14H2,1-4H3,(H,25,27)(H3,23,24,26). The molecule has 27 heavy (non-hydrogen) atoms. The number of amides is 1. The Bertz CT molecular complexity index is 781. The molecule has 0 aliphatic carbocycles. The molecule has 2 aromatic rings. The topological polar surface area (TPSA) is 79.5 Å². The van der Waals surface area contributed by atoms with E-state index in [-0.39, 0.29) is 11.9 Å². The van der Waals surface area contributed by atoms with Gasteiger partial charge in [-0.1, -0.05) is 45.0 Å². The van der Waals surface area contributed by atoms with E-state index in [1.807, 2.05) is 50.2 Å². The summed E-state index contributed by atoms with van der Waals surface area (Å²) >= 11 is 0. The summed E-state index contributed by atoms with van der Waals surface area (Å²) in [6.07, 6.45) is 0.908. The van der Waals surface area contributed by atoms with E-state index in [4.69, 9.17) is 5.73 Å². The molecule has 144 valence electrons. The molecule has 0 saturated carbocycles. The van der Waals surface area contributed by atoms with Crippen LogP contribution in [-0.2, 0) is 6.54 Å². The van der Waals surface area contributed by atoms with Crippen molar-refractivity contribution < 1.29 is 4.79 Å². The highest BCUT2D eigenvalue weighted by Crippen LogP contribution is 2.18. The number of guanidine groups is 1. The molecule has 0 radical (unpaired) electrons. The zero-order chi connectivity index (χ0) is 19.8. The quantitative estimate of drug-likeness (QED) is 0.506. The van der Waals surface area contributed by atoms with Gasteiger partial charge in [0.05, 0.1) is 6.54 Å². The number of nitrogens with one attached hydrogen (secondary N) is 2. The Labute approximate surface area is 162 Å². The predicted octanol–water partition coefficient (Wildman–Crippen LogP) is 4.27. The zero-order valence-electron chi connectivity index (χ0n) is 16.6. The molecule has 0 aliphatic rings. The SMILES string of the molecule is CCC(C)NC(=O)c1ccc(CN=C(N)Nc2cccc(C(C)C)c2)cc1. The fourth-order valence-electron chi connectivity index (χ4n) is 2.51. The summed E-state index contributed by atoms with van der Waals surface area (Å²) in [5.74, 6) is 0.779. The van der Waals surface area contributed by atoms with Gasteiger partial charge < -0.3 is 16.4 Å². The smallest absolute Gasteiger partial charge is 0.251 e. The minimum Gasteiger partial charge on any atom is -0.370 e. The van der Waals surface area contributed by atoms with Crippen LogP contribution in [0.15, 0.2) is 53.5 Å². The molecule has 0 spiro atoms. The number of hydrogen-bond acceptors (Lipinski definition) is 2. The molecule has 5 nitrogen and oxygen atoms in total. The summed E-state index contributed by atoms with van der Waals surface area (Å²) in [6, 6.07) is 15.8. The highest BCUT2D eigenvalue weighted by atomic mass is 16.1. The first-order chi connectivity index (χ1) is 12.9. The molecule has 5 heteroatoms. The monoisotopic (exact) mass is 366 g/mol. The van der Waals surface area contributed by atoms with Crippen molar-refractivity contribution in [2.75, 3.05) is 5.32 Å². The first-order valence-corrected chi connectivity index (χ1v) is 9.45. The molecule has 0 saturated heterocycles. The average Bonchev–Trinajstić information content (AvgIpc) is 2.66. The van der Waals surface area contributed by atoms with E-state index in [1.54, 1.807) is 0 Å². The first-order valence-electron chi connectivity index (χ1n) is 9.45. The van der Waals surface area contributed by atoms with E-state index < -0.39 is 0 Å². The van der Waals surface area contributed by atoms with Gasteiger partial charge in [0, 0.05) is 17.3 Å². The van der Waals surface area contributed by atoms with Crippen LogP contribution in [0.2, 0.25) is 0 Å². The molecule has 0 bridgehead atoms. The van der Waals surface area contributed by atoms with Crippen molar-refractivity contribution >= 4 is 17.6 Å². The van der Waals surface area contributed by atoms with Crippen LogP contribution in [0.5, 0.6) is 0 Å². The van der Waals surface area contributed by atoms with Crippen LogP contribution < -0.4 is 16.4 Å². The maximum Gasteiger partial charge on any atom is 0.251 e. The number of benzene rings is 2. The average molecular weight is 367 g/mol. The number of aliphatic imine (C=N–C) groups is 1. The number of carbonyl (C=O) groups is 1. The molecule has 0 fully saturated rings. The van der Waals surface area contributed by atoms with Crippen LogP contribution in [0.1, 0.15) is 61.5 Å². The molecule has 0 heterocycles. The van der Waals surface area contributed by atoms with Gasteiger partial charge in [-0.2, -0.15) is 0 Å². The lowest BCUT2D eigenvalue weighted by molar-refractivity contribution is 0.0939. The lowest BCUT2D eigenvalue weighted by Crippen LogP contribution is -2.31. The lowest BCUT2D eigenvalue weighted by Gasteiger charge is -2.11. The maximum atomic E-state index is 12.1. The van der Waals surface area contributed by atoms with Crippen molar-refractivity contribution in [2.24, 2.45) is 10.7 Å². The van der Waals surface area contributed by atoms with Crippen LogP contribution in [-0.4, -0.2) is 17.9 Å². The lowest BCUT2D eigenvalue weighted by atomic mass is 10.0. The van der Waals surface area contributed by atoms with Crippen molar-refractivity contribution in [3.05, 3.63) is 65.2 Å². The van der Waals surface area contributed by atoms with Crippen LogP contribution >= 0.6 is 0 Å². The number of anilines is 1. The van der Waals surface area contributed by atoms with E-state index in [2.05, 4.69) is 41.6 Å². The van der Waals surface area contributed by atoms with Gasteiger partial charge in [-0.05, 0) is 54.7 Å². The predicted molar refractivity (Wildman–Crippen MR) is 113 cm³/mol. The number of rotatable bonds is 7. The third kappa shape index (κ3) is 6.44. The molecular formula is C22H30N4O. The van der Waals surface area contributed by atoms with E-state index in [9.17, 15) is 4.79 Å². The van der Waals surface area contributed by atoms with E-state index in [0.717, 1.165) is 17.7 Å². The van der Waals surface area contributed by atoms with Gasteiger partial charge in [0.25, 0.3) is 5.91 Å². The Morgan fingerprint density at radius 3 is 2.44 bits per heavy atom. The minimum atomic E-state index is -0.0504. The molecule has 4 N–H and O–H groups in total. The second-order valence-electron chi connectivity index (χ2n) is 7.09. The Morgan fingerprint density at radius 2 is 1.81 bits per heavy atom. The number of carbonyl (C=O) groups excluding carboxylic acids is 1. The fourth-order valence-corrected chi connectivity index (χ4v) is 2.51. The van der Waals surface area contributed by atoms with Gasteiger partial charge >= 0.3 is 0 Å². The summed E-state index contributed by atoms with van der Waals surface area (Å²) in [5, 5.41) is 6.09. The molecule has 2 rings (SSSR count). The van der Waals surface area contributed by atoms with Gasteiger partial charge in [0.2, 0.25) is 0 Å². The maximum absolute atomic E-state index is 12.1. The molecule has 2 aromatic carbocycles. The third-order valence-electron chi connectivity index (χ3n) is 4.46.